The van der Waals surface area contributed by atoms with E-state index in [0.717, 1.165) is 16.7 Å². The second-order valence-electron chi connectivity index (χ2n) is 9.33. The number of hydrogen-bond acceptors (Lipinski definition) is 8. The van der Waals surface area contributed by atoms with Crippen LogP contribution in [-0.2, 0) is 16.4 Å². The van der Waals surface area contributed by atoms with Crippen molar-refractivity contribution in [2.45, 2.75) is 43.7 Å². The zero-order valence-electron chi connectivity index (χ0n) is 21.1. The lowest BCUT2D eigenvalue weighted by Crippen LogP contribution is -2.27. The average Bonchev–Trinajstić information content (AvgIpc) is 3.56. The van der Waals surface area contributed by atoms with Crippen molar-refractivity contribution in [1.82, 2.24) is 14.9 Å². The van der Waals surface area contributed by atoms with E-state index in [2.05, 4.69) is 20.9 Å². The maximum absolute atomic E-state index is 13.0. The van der Waals surface area contributed by atoms with Crippen LogP contribution in [0.4, 0.5) is 0 Å². The number of carboxylic acid groups (broad SMARTS) is 1. The molecule has 3 aromatic carbocycles. The number of aromatic carboxylic acids is 1. The molecular formula is C28H24N4O6S. The van der Waals surface area contributed by atoms with E-state index in [9.17, 15) is 18.5 Å². The van der Waals surface area contributed by atoms with Gasteiger partial charge in [-0.2, -0.15) is 10.2 Å². The van der Waals surface area contributed by atoms with Crippen molar-refractivity contribution < 1.29 is 27.6 Å². The van der Waals surface area contributed by atoms with Gasteiger partial charge in [0.25, 0.3) is 5.89 Å². The molecule has 4 aromatic rings. The van der Waals surface area contributed by atoms with Crippen LogP contribution in [0.5, 0.6) is 5.75 Å². The Morgan fingerprint density at radius 3 is 2.64 bits per heavy atom. The summed E-state index contributed by atoms with van der Waals surface area (Å²) >= 11 is 0. The number of benzene rings is 3. The summed E-state index contributed by atoms with van der Waals surface area (Å²) in [7, 11) is -3.89. The molecule has 0 unspecified atom stereocenters. The maximum Gasteiger partial charge on any atom is 0.335 e. The maximum atomic E-state index is 13.0. The van der Waals surface area contributed by atoms with E-state index in [1.165, 1.54) is 24.3 Å². The van der Waals surface area contributed by atoms with Gasteiger partial charge in [0.2, 0.25) is 15.8 Å². The van der Waals surface area contributed by atoms with Crippen molar-refractivity contribution >= 4 is 16.0 Å². The highest BCUT2D eigenvalue weighted by Gasteiger charge is 2.30. The standard InChI is InChI=1S/C28H24N4O6S/c1-16(2)37-25-13-8-18(14-19(25)15-29)27-30-26(31-38-27)23-5-3-4-22-21(23)11-12-24(22)32-39(35,36)20-9-6-17(7-10-20)28(33)34/h3-10,13-14,16,24,32H,11-12H2,1-2H3,(H,33,34)/t24-/m0/s1. The van der Waals surface area contributed by atoms with Gasteiger partial charge >= 0.3 is 5.97 Å². The molecule has 0 aliphatic heterocycles. The Labute approximate surface area is 224 Å². The van der Waals surface area contributed by atoms with Gasteiger partial charge in [-0.25, -0.2) is 17.9 Å². The predicted octanol–water partition coefficient (Wildman–Crippen LogP) is 4.73. The van der Waals surface area contributed by atoms with Gasteiger partial charge in [0.05, 0.1) is 22.1 Å². The minimum absolute atomic E-state index is 0.00738. The summed E-state index contributed by atoms with van der Waals surface area (Å²) in [6.07, 6.45) is 1.05. The van der Waals surface area contributed by atoms with Gasteiger partial charge in [-0.1, -0.05) is 23.4 Å². The largest absolute Gasteiger partial charge is 0.490 e. The smallest absolute Gasteiger partial charge is 0.335 e. The molecule has 0 bridgehead atoms. The summed E-state index contributed by atoms with van der Waals surface area (Å²) in [6, 6.07) is 17.3. The summed E-state index contributed by atoms with van der Waals surface area (Å²) in [6.45, 7) is 3.76. The minimum Gasteiger partial charge on any atom is -0.490 e. The van der Waals surface area contributed by atoms with Crippen LogP contribution in [-0.4, -0.2) is 35.7 Å². The molecule has 0 saturated heterocycles. The lowest BCUT2D eigenvalue weighted by Gasteiger charge is -2.15. The summed E-state index contributed by atoms with van der Waals surface area (Å²) in [5.41, 5.74) is 3.40. The number of nitrogens with one attached hydrogen (secondary N) is 1. The number of sulfonamides is 1. The average molecular weight is 545 g/mol. The van der Waals surface area contributed by atoms with Gasteiger partial charge in [0, 0.05) is 17.2 Å². The third-order valence-electron chi connectivity index (χ3n) is 6.36. The topological polar surface area (TPSA) is 155 Å². The Kier molecular flexibility index (Phi) is 6.91. The highest BCUT2D eigenvalue weighted by atomic mass is 32.2. The van der Waals surface area contributed by atoms with E-state index in [1.807, 2.05) is 32.0 Å². The number of aromatic nitrogens is 2. The van der Waals surface area contributed by atoms with Crippen molar-refractivity contribution in [3.8, 4) is 34.7 Å². The van der Waals surface area contributed by atoms with Crippen molar-refractivity contribution in [2.24, 2.45) is 0 Å². The Morgan fingerprint density at radius 1 is 1.18 bits per heavy atom. The van der Waals surface area contributed by atoms with Crippen molar-refractivity contribution in [1.29, 1.82) is 5.26 Å². The molecular weight excluding hydrogens is 520 g/mol. The van der Waals surface area contributed by atoms with Gasteiger partial charge in [-0.05, 0) is 80.3 Å². The Bertz CT molecular complexity index is 1700. The van der Waals surface area contributed by atoms with Gasteiger partial charge in [-0.3, -0.25) is 0 Å². The summed E-state index contributed by atoms with van der Waals surface area (Å²) < 4.78 is 39.9. The number of rotatable bonds is 8. The number of nitrogens with zero attached hydrogens (tertiary/aromatic N) is 3. The number of carbonyl (C=O) groups is 1. The molecule has 0 amide bonds. The zero-order chi connectivity index (χ0) is 27.7. The molecule has 2 N–H and O–H groups in total. The molecule has 1 aromatic heterocycles. The minimum atomic E-state index is -3.89. The molecule has 0 radical (unpaired) electrons. The molecule has 5 rings (SSSR count). The van der Waals surface area contributed by atoms with E-state index in [0.29, 0.717) is 35.5 Å². The molecule has 1 aliphatic carbocycles. The molecule has 1 atom stereocenters. The van der Waals surface area contributed by atoms with Crippen LogP contribution in [0.15, 0.2) is 70.1 Å². The highest BCUT2D eigenvalue weighted by Crippen LogP contribution is 2.38. The second-order valence-corrected chi connectivity index (χ2v) is 11.0. The quantitative estimate of drug-likeness (QED) is 0.320. The first-order valence-corrected chi connectivity index (χ1v) is 13.7. The number of ether oxygens (including phenoxy) is 1. The van der Waals surface area contributed by atoms with Crippen LogP contribution >= 0.6 is 0 Å². The monoisotopic (exact) mass is 544 g/mol. The highest BCUT2D eigenvalue weighted by molar-refractivity contribution is 7.89. The number of fused-ring (bicyclic) bond motifs is 1. The first kappa shape index (κ1) is 26.1. The van der Waals surface area contributed by atoms with Crippen LogP contribution < -0.4 is 9.46 Å². The molecule has 11 heteroatoms. The number of nitriles is 1. The first-order valence-electron chi connectivity index (χ1n) is 12.2. The Balaban J connectivity index is 1.40. The van der Waals surface area contributed by atoms with Gasteiger partial charge in [-0.15, -0.1) is 0 Å². The Morgan fingerprint density at radius 2 is 1.95 bits per heavy atom. The first-order chi connectivity index (χ1) is 18.7. The summed E-state index contributed by atoms with van der Waals surface area (Å²) in [5, 5.41) is 22.8. The third-order valence-corrected chi connectivity index (χ3v) is 7.84. The van der Waals surface area contributed by atoms with Gasteiger partial charge in [0.15, 0.2) is 0 Å². The van der Waals surface area contributed by atoms with Crippen molar-refractivity contribution in [2.75, 3.05) is 0 Å². The summed E-state index contributed by atoms with van der Waals surface area (Å²) in [5.74, 6) is -0.0504. The fraction of sp³-hybridized carbons (Fsp3) is 0.214. The van der Waals surface area contributed by atoms with Crippen LogP contribution in [0.3, 0.4) is 0 Å². The SMILES string of the molecule is CC(C)Oc1ccc(-c2nc(-c3cccc4c3CC[C@@H]4NS(=O)(=O)c3ccc(C(=O)O)cc3)no2)cc1C#N. The van der Waals surface area contributed by atoms with Gasteiger partial charge < -0.3 is 14.4 Å². The third kappa shape index (κ3) is 5.25. The zero-order valence-corrected chi connectivity index (χ0v) is 21.9. The second kappa shape index (κ2) is 10.3. The lowest BCUT2D eigenvalue weighted by atomic mass is 10.0. The van der Waals surface area contributed by atoms with Crippen molar-refractivity contribution in [3.05, 3.63) is 82.9 Å². The Hall–Kier alpha value is -4.53. The van der Waals surface area contributed by atoms with E-state index >= 15 is 0 Å². The number of carboxylic acids is 1. The van der Waals surface area contributed by atoms with Crippen LogP contribution in [0, 0.1) is 11.3 Å². The molecule has 1 heterocycles. The lowest BCUT2D eigenvalue weighted by molar-refractivity contribution is 0.0696. The van der Waals surface area contributed by atoms with E-state index < -0.39 is 22.0 Å². The fourth-order valence-electron chi connectivity index (χ4n) is 4.58. The van der Waals surface area contributed by atoms with Crippen LogP contribution in [0.25, 0.3) is 22.8 Å². The van der Waals surface area contributed by atoms with Gasteiger partial charge in [0.1, 0.15) is 11.8 Å². The molecule has 10 nitrogen and oxygen atoms in total. The van der Waals surface area contributed by atoms with Crippen LogP contribution in [0.1, 0.15) is 53.4 Å². The van der Waals surface area contributed by atoms with E-state index in [-0.39, 0.29) is 22.5 Å². The predicted molar refractivity (Wildman–Crippen MR) is 140 cm³/mol. The molecule has 198 valence electrons. The number of hydrogen-bond donors (Lipinski definition) is 2. The normalized spacial score (nSPS) is 14.7. The molecule has 0 saturated carbocycles. The van der Waals surface area contributed by atoms with E-state index in [1.54, 1.807) is 18.2 Å². The molecule has 39 heavy (non-hydrogen) atoms. The molecule has 0 fully saturated rings. The van der Waals surface area contributed by atoms with Crippen LogP contribution in [0.2, 0.25) is 0 Å². The molecule has 1 aliphatic rings. The fourth-order valence-corrected chi connectivity index (χ4v) is 5.83. The molecule has 0 spiro atoms. The van der Waals surface area contributed by atoms with Crippen molar-refractivity contribution in [3.63, 3.8) is 0 Å². The summed E-state index contributed by atoms with van der Waals surface area (Å²) in [4.78, 5) is 15.6. The van der Waals surface area contributed by atoms with E-state index in [4.69, 9.17) is 14.4 Å².